The van der Waals surface area contributed by atoms with Gasteiger partial charge in [0.25, 0.3) is 0 Å². The number of rotatable bonds is 62. The molecule has 0 aromatic heterocycles. The molecular weight excluding hydrogens is 973 g/mol. The molecule has 0 spiro atoms. The average molecular weight is 1100 g/mol. The van der Waals surface area contributed by atoms with Gasteiger partial charge in [-0.2, -0.15) is 0 Å². The van der Waals surface area contributed by atoms with Gasteiger partial charge in [-0.05, 0) is 77.0 Å². The van der Waals surface area contributed by atoms with Crippen LogP contribution in [0.15, 0.2) is 85.1 Å². The van der Waals surface area contributed by atoms with Crippen molar-refractivity contribution >= 4 is 17.9 Å². The average Bonchev–Trinajstić information content (AvgIpc) is 3.45. The van der Waals surface area contributed by atoms with E-state index in [0.717, 1.165) is 103 Å². The number of carbonyl (C=O) groups is 3. The Kier molecular flexibility index (Phi) is 64.2. The number of unbranched alkanes of at least 4 members (excludes halogenated alkanes) is 37. The van der Waals surface area contributed by atoms with Crippen LogP contribution in [0.2, 0.25) is 0 Å². The quantitative estimate of drug-likeness (QED) is 0.0261. The third-order valence-corrected chi connectivity index (χ3v) is 14.9. The van der Waals surface area contributed by atoms with Crippen molar-refractivity contribution in [1.29, 1.82) is 0 Å². The number of hydrogen-bond acceptors (Lipinski definition) is 6. The Bertz CT molecular complexity index is 1500. The molecule has 0 fully saturated rings. The molecule has 0 aliphatic heterocycles. The van der Waals surface area contributed by atoms with E-state index < -0.39 is 6.10 Å². The molecule has 0 N–H and O–H groups in total. The van der Waals surface area contributed by atoms with Crippen LogP contribution >= 0.6 is 0 Å². The minimum absolute atomic E-state index is 0.0694. The second-order valence-electron chi connectivity index (χ2n) is 22.7. The normalized spacial score (nSPS) is 12.6. The molecule has 0 aromatic rings. The molecule has 0 rings (SSSR count). The molecule has 0 heterocycles. The zero-order chi connectivity index (χ0) is 57.1. The van der Waals surface area contributed by atoms with Crippen molar-refractivity contribution in [3.8, 4) is 0 Å². The van der Waals surface area contributed by atoms with E-state index in [2.05, 4.69) is 106 Å². The molecular formula is C73H128O6. The van der Waals surface area contributed by atoms with E-state index in [4.69, 9.17) is 14.2 Å². The lowest BCUT2D eigenvalue weighted by atomic mass is 10.0. The highest BCUT2D eigenvalue weighted by Gasteiger charge is 2.19. The number of hydrogen-bond donors (Lipinski definition) is 0. The van der Waals surface area contributed by atoms with Gasteiger partial charge >= 0.3 is 17.9 Å². The number of allylic oxidation sites excluding steroid dienone is 14. The minimum Gasteiger partial charge on any atom is -0.462 e. The zero-order valence-corrected chi connectivity index (χ0v) is 52.4. The van der Waals surface area contributed by atoms with Crippen LogP contribution in [0.25, 0.3) is 0 Å². The van der Waals surface area contributed by atoms with Crippen molar-refractivity contribution in [2.24, 2.45) is 0 Å². The molecule has 0 bridgehead atoms. The van der Waals surface area contributed by atoms with Gasteiger partial charge in [-0.25, -0.2) is 0 Å². The molecule has 0 aromatic carbocycles. The van der Waals surface area contributed by atoms with Crippen LogP contribution in [0, 0.1) is 0 Å². The van der Waals surface area contributed by atoms with Crippen molar-refractivity contribution in [2.45, 2.75) is 348 Å². The summed E-state index contributed by atoms with van der Waals surface area (Å²) >= 11 is 0. The second-order valence-corrected chi connectivity index (χ2v) is 22.7. The van der Waals surface area contributed by atoms with Gasteiger partial charge in [-0.1, -0.05) is 331 Å². The van der Waals surface area contributed by atoms with Gasteiger partial charge in [-0.15, -0.1) is 0 Å². The van der Waals surface area contributed by atoms with Crippen LogP contribution in [0.3, 0.4) is 0 Å². The van der Waals surface area contributed by atoms with Gasteiger partial charge in [-0.3, -0.25) is 14.4 Å². The molecule has 79 heavy (non-hydrogen) atoms. The fourth-order valence-electron chi connectivity index (χ4n) is 9.84. The molecule has 0 radical (unpaired) electrons. The van der Waals surface area contributed by atoms with Crippen molar-refractivity contribution in [2.75, 3.05) is 13.2 Å². The predicted octanol–water partition coefficient (Wildman–Crippen LogP) is 23.4. The Hall–Kier alpha value is -3.41. The first kappa shape index (κ1) is 75.6. The SMILES string of the molecule is CC/C=C\C/C=C\C/C=C\C/C=C\C/C=C\C/C=C\C/C=C\CCCCCCCCCCCCCCCC(=O)OCC(COC(=O)CCCCCCCCCCCCCCC)OC(=O)CCCCCCCCCCCCCCC. The summed E-state index contributed by atoms with van der Waals surface area (Å²) in [6.07, 6.45) is 88.9. The van der Waals surface area contributed by atoms with Crippen LogP contribution < -0.4 is 0 Å². The highest BCUT2D eigenvalue weighted by atomic mass is 16.6. The highest BCUT2D eigenvalue weighted by molar-refractivity contribution is 5.71. The van der Waals surface area contributed by atoms with Gasteiger partial charge in [0.1, 0.15) is 13.2 Å². The Morgan fingerprint density at radius 3 is 0.772 bits per heavy atom. The fraction of sp³-hybridized carbons (Fsp3) is 0.767. The monoisotopic (exact) mass is 1100 g/mol. The molecule has 0 aliphatic carbocycles. The second kappa shape index (κ2) is 67.1. The first-order chi connectivity index (χ1) is 39.0. The van der Waals surface area contributed by atoms with Crippen molar-refractivity contribution in [1.82, 2.24) is 0 Å². The molecule has 0 amide bonds. The first-order valence-corrected chi connectivity index (χ1v) is 34.1. The smallest absolute Gasteiger partial charge is 0.306 e. The molecule has 1 atom stereocenters. The molecule has 1 unspecified atom stereocenters. The first-order valence-electron chi connectivity index (χ1n) is 34.1. The van der Waals surface area contributed by atoms with E-state index >= 15 is 0 Å². The van der Waals surface area contributed by atoms with Crippen molar-refractivity contribution < 1.29 is 28.6 Å². The van der Waals surface area contributed by atoms with E-state index in [9.17, 15) is 14.4 Å². The van der Waals surface area contributed by atoms with Crippen LogP contribution in [0.1, 0.15) is 342 Å². The highest BCUT2D eigenvalue weighted by Crippen LogP contribution is 2.17. The lowest BCUT2D eigenvalue weighted by Gasteiger charge is -2.18. The maximum absolute atomic E-state index is 12.9. The standard InChI is InChI=1S/C73H128O6/c1-4-7-10-13-16-19-22-25-26-27-28-29-30-31-32-33-34-35-36-37-38-39-40-41-42-43-44-45-46-49-51-54-57-60-63-66-72(75)78-69-70(79-73(76)67-64-61-58-55-52-48-24-21-18-15-12-9-6-3)68-77-71(74)65-62-59-56-53-50-47-23-20-17-14-11-8-5-2/h7,10,16,19,25-26,28-29,31-32,34-35,37-38,70H,4-6,8-9,11-15,17-18,20-24,27,30,33,36,39-69H2,1-3H3/b10-7-,19-16-,26-25-,29-28-,32-31-,35-34-,38-37-. The summed E-state index contributed by atoms with van der Waals surface area (Å²) in [4.78, 5) is 38.3. The van der Waals surface area contributed by atoms with Gasteiger partial charge < -0.3 is 14.2 Å². The Morgan fingerprint density at radius 2 is 0.494 bits per heavy atom. The molecule has 6 heteroatoms. The van der Waals surface area contributed by atoms with Crippen LogP contribution in [-0.2, 0) is 28.6 Å². The van der Waals surface area contributed by atoms with E-state index in [0.29, 0.717) is 19.3 Å². The summed E-state index contributed by atoms with van der Waals surface area (Å²) < 4.78 is 16.9. The number of carbonyl (C=O) groups excluding carboxylic acids is 3. The summed E-state index contributed by atoms with van der Waals surface area (Å²) in [5, 5.41) is 0. The van der Waals surface area contributed by atoms with Crippen LogP contribution in [0.5, 0.6) is 0 Å². The summed E-state index contributed by atoms with van der Waals surface area (Å²) in [5.41, 5.74) is 0. The topological polar surface area (TPSA) is 78.9 Å². The zero-order valence-electron chi connectivity index (χ0n) is 52.4. The van der Waals surface area contributed by atoms with Gasteiger partial charge in [0.05, 0.1) is 0 Å². The number of ether oxygens (including phenoxy) is 3. The van der Waals surface area contributed by atoms with Crippen LogP contribution in [0.4, 0.5) is 0 Å². The van der Waals surface area contributed by atoms with E-state index in [1.807, 2.05) is 0 Å². The van der Waals surface area contributed by atoms with Crippen LogP contribution in [-0.4, -0.2) is 37.2 Å². The lowest BCUT2D eigenvalue weighted by molar-refractivity contribution is -0.167. The maximum Gasteiger partial charge on any atom is 0.306 e. The van der Waals surface area contributed by atoms with E-state index in [1.165, 1.54) is 199 Å². The van der Waals surface area contributed by atoms with Crippen molar-refractivity contribution in [3.05, 3.63) is 85.1 Å². The summed E-state index contributed by atoms with van der Waals surface area (Å²) in [6, 6.07) is 0. The number of esters is 3. The maximum atomic E-state index is 12.9. The Balaban J connectivity index is 4.12. The van der Waals surface area contributed by atoms with Gasteiger partial charge in [0.15, 0.2) is 6.10 Å². The largest absolute Gasteiger partial charge is 0.462 e. The predicted molar refractivity (Wildman–Crippen MR) is 344 cm³/mol. The minimum atomic E-state index is -0.771. The fourth-order valence-corrected chi connectivity index (χ4v) is 9.84. The summed E-state index contributed by atoms with van der Waals surface area (Å²) in [7, 11) is 0. The lowest BCUT2D eigenvalue weighted by Crippen LogP contribution is -2.30. The summed E-state index contributed by atoms with van der Waals surface area (Å²) in [5.74, 6) is -0.852. The third-order valence-electron chi connectivity index (χ3n) is 14.9. The van der Waals surface area contributed by atoms with Crippen molar-refractivity contribution in [3.63, 3.8) is 0 Å². The van der Waals surface area contributed by atoms with Gasteiger partial charge in [0.2, 0.25) is 0 Å². The summed E-state index contributed by atoms with van der Waals surface area (Å²) in [6.45, 7) is 6.56. The van der Waals surface area contributed by atoms with E-state index in [-0.39, 0.29) is 31.1 Å². The molecule has 0 saturated carbocycles. The molecule has 0 aliphatic rings. The van der Waals surface area contributed by atoms with E-state index in [1.54, 1.807) is 0 Å². The molecule has 0 saturated heterocycles. The Morgan fingerprint density at radius 1 is 0.266 bits per heavy atom. The molecule has 6 nitrogen and oxygen atoms in total. The third kappa shape index (κ3) is 65.3. The Labute approximate surface area is 490 Å². The molecule has 456 valence electrons. The van der Waals surface area contributed by atoms with Gasteiger partial charge in [0, 0.05) is 19.3 Å².